The van der Waals surface area contributed by atoms with Gasteiger partial charge in [0.1, 0.15) is 11.4 Å². The second kappa shape index (κ2) is 7.05. The summed E-state index contributed by atoms with van der Waals surface area (Å²) in [6.45, 7) is 1.97. The van der Waals surface area contributed by atoms with E-state index < -0.39 is 0 Å². The lowest BCUT2D eigenvalue weighted by Gasteiger charge is -2.45. The fourth-order valence-electron chi connectivity index (χ4n) is 4.24. The number of amides is 1. The summed E-state index contributed by atoms with van der Waals surface area (Å²) in [6.07, 6.45) is 2.40. The van der Waals surface area contributed by atoms with Crippen molar-refractivity contribution < 1.29 is 14.3 Å². The van der Waals surface area contributed by atoms with Crippen LogP contribution in [0.5, 0.6) is 5.75 Å². The van der Waals surface area contributed by atoms with Gasteiger partial charge >= 0.3 is 0 Å². The van der Waals surface area contributed by atoms with Crippen LogP contribution in [-0.2, 0) is 16.8 Å². The summed E-state index contributed by atoms with van der Waals surface area (Å²) >= 11 is 0. The first-order valence-electron chi connectivity index (χ1n) is 9.27. The molecular formula is C22H22N2O3. The number of ether oxygens (including phenoxy) is 2. The summed E-state index contributed by atoms with van der Waals surface area (Å²) in [6, 6.07) is 15.1. The van der Waals surface area contributed by atoms with Crippen molar-refractivity contribution in [1.29, 1.82) is 5.26 Å². The molecule has 0 saturated carbocycles. The molecule has 2 aliphatic heterocycles. The van der Waals surface area contributed by atoms with Crippen molar-refractivity contribution in [2.45, 2.75) is 24.9 Å². The third-order valence-corrected chi connectivity index (χ3v) is 5.66. The molecule has 4 rings (SSSR count). The first-order valence-corrected chi connectivity index (χ1v) is 9.27. The smallest absolute Gasteiger partial charge is 0.253 e. The van der Waals surface area contributed by atoms with Gasteiger partial charge in [-0.05, 0) is 55.2 Å². The molecule has 2 aliphatic rings. The summed E-state index contributed by atoms with van der Waals surface area (Å²) in [5, 5.41) is 8.91. The van der Waals surface area contributed by atoms with E-state index in [9.17, 15) is 4.79 Å². The summed E-state index contributed by atoms with van der Waals surface area (Å²) in [7, 11) is 1.70. The number of likely N-dealkylation sites (tertiary alicyclic amines) is 1. The molecule has 0 unspecified atom stereocenters. The molecule has 27 heavy (non-hydrogen) atoms. The minimum absolute atomic E-state index is 0.00500. The van der Waals surface area contributed by atoms with E-state index >= 15 is 0 Å². The SMILES string of the molecule is COc1cccc2c1C1(CCN(C(=O)c3ccc(C#N)cc3)CC1)OCC2. The number of benzene rings is 2. The Morgan fingerprint density at radius 1 is 1.19 bits per heavy atom. The largest absolute Gasteiger partial charge is 0.496 e. The van der Waals surface area contributed by atoms with E-state index in [2.05, 4.69) is 12.1 Å². The second-order valence-electron chi connectivity index (χ2n) is 7.07. The molecule has 0 radical (unpaired) electrons. The van der Waals surface area contributed by atoms with E-state index in [0.29, 0.717) is 30.8 Å². The summed E-state index contributed by atoms with van der Waals surface area (Å²) in [4.78, 5) is 14.7. The van der Waals surface area contributed by atoms with Crippen LogP contribution in [0.25, 0.3) is 0 Å². The van der Waals surface area contributed by atoms with Crippen LogP contribution in [0.1, 0.15) is 39.9 Å². The van der Waals surface area contributed by atoms with Crippen LogP contribution in [0, 0.1) is 11.3 Å². The van der Waals surface area contributed by atoms with Crippen molar-refractivity contribution in [3.05, 3.63) is 64.7 Å². The third kappa shape index (κ3) is 3.07. The van der Waals surface area contributed by atoms with E-state index in [0.717, 1.165) is 30.6 Å². The van der Waals surface area contributed by atoms with Crippen LogP contribution < -0.4 is 4.74 Å². The average molecular weight is 362 g/mol. The molecule has 5 nitrogen and oxygen atoms in total. The molecule has 138 valence electrons. The van der Waals surface area contributed by atoms with Gasteiger partial charge in [-0.15, -0.1) is 0 Å². The van der Waals surface area contributed by atoms with Gasteiger partial charge in [0.15, 0.2) is 0 Å². The first kappa shape index (κ1) is 17.6. The van der Waals surface area contributed by atoms with Gasteiger partial charge in [-0.25, -0.2) is 0 Å². The molecule has 0 bridgehead atoms. The van der Waals surface area contributed by atoms with Crippen molar-refractivity contribution in [3.8, 4) is 11.8 Å². The fraction of sp³-hybridized carbons (Fsp3) is 0.364. The van der Waals surface area contributed by atoms with Crippen LogP contribution >= 0.6 is 0 Å². The molecule has 1 fully saturated rings. The third-order valence-electron chi connectivity index (χ3n) is 5.66. The predicted molar refractivity (Wildman–Crippen MR) is 101 cm³/mol. The number of hydrogen-bond acceptors (Lipinski definition) is 4. The average Bonchev–Trinajstić information content (AvgIpc) is 2.73. The number of carbonyl (C=O) groups is 1. The van der Waals surface area contributed by atoms with E-state index in [1.165, 1.54) is 5.56 Å². The highest BCUT2D eigenvalue weighted by atomic mass is 16.5. The van der Waals surface area contributed by atoms with Crippen molar-refractivity contribution in [2.75, 3.05) is 26.8 Å². The van der Waals surface area contributed by atoms with E-state index in [1.54, 1.807) is 31.4 Å². The van der Waals surface area contributed by atoms with Crippen LogP contribution in [0.2, 0.25) is 0 Å². The number of hydrogen-bond donors (Lipinski definition) is 0. The van der Waals surface area contributed by atoms with Gasteiger partial charge in [0.05, 0.1) is 25.3 Å². The van der Waals surface area contributed by atoms with Crippen molar-refractivity contribution in [1.82, 2.24) is 4.90 Å². The molecule has 1 amide bonds. The van der Waals surface area contributed by atoms with Crippen LogP contribution in [0.3, 0.4) is 0 Å². The Morgan fingerprint density at radius 2 is 1.93 bits per heavy atom. The number of methoxy groups -OCH3 is 1. The van der Waals surface area contributed by atoms with Crippen molar-refractivity contribution >= 4 is 5.91 Å². The summed E-state index contributed by atoms with van der Waals surface area (Å²) < 4.78 is 11.9. The Hall–Kier alpha value is -2.84. The highest BCUT2D eigenvalue weighted by Gasteiger charge is 2.43. The number of fused-ring (bicyclic) bond motifs is 2. The van der Waals surface area contributed by atoms with Crippen molar-refractivity contribution in [3.63, 3.8) is 0 Å². The summed E-state index contributed by atoms with van der Waals surface area (Å²) in [5.74, 6) is 0.879. The maximum Gasteiger partial charge on any atom is 0.253 e. The quantitative estimate of drug-likeness (QED) is 0.823. The first-order chi connectivity index (χ1) is 13.2. The van der Waals surface area contributed by atoms with Gasteiger partial charge in [-0.2, -0.15) is 5.26 Å². The predicted octanol–water partition coefficient (Wildman–Crippen LogP) is 3.27. The lowest BCUT2D eigenvalue weighted by atomic mass is 9.78. The van der Waals surface area contributed by atoms with Gasteiger partial charge < -0.3 is 14.4 Å². The van der Waals surface area contributed by atoms with Gasteiger partial charge in [-0.3, -0.25) is 4.79 Å². The monoisotopic (exact) mass is 362 g/mol. The number of carbonyl (C=O) groups excluding carboxylic acids is 1. The number of nitrogens with zero attached hydrogens (tertiary/aromatic N) is 2. The van der Waals surface area contributed by atoms with E-state index in [-0.39, 0.29) is 11.5 Å². The topological polar surface area (TPSA) is 62.6 Å². The van der Waals surface area contributed by atoms with E-state index in [1.807, 2.05) is 17.0 Å². The lowest BCUT2D eigenvalue weighted by Crippen LogP contribution is -2.48. The standard InChI is InChI=1S/C22H22N2O3/c1-26-19-4-2-3-17-9-14-27-22(20(17)19)10-12-24(13-11-22)21(25)18-7-5-16(15-23)6-8-18/h2-8H,9-14H2,1H3. The zero-order valence-electron chi connectivity index (χ0n) is 15.4. The molecule has 0 N–H and O–H groups in total. The van der Waals surface area contributed by atoms with Gasteiger partial charge in [0.25, 0.3) is 5.91 Å². The van der Waals surface area contributed by atoms with E-state index in [4.69, 9.17) is 14.7 Å². The Balaban J connectivity index is 1.54. The Kier molecular flexibility index (Phi) is 4.59. The zero-order chi connectivity index (χ0) is 18.9. The molecule has 2 heterocycles. The Morgan fingerprint density at radius 3 is 2.59 bits per heavy atom. The normalized spacial score (nSPS) is 17.9. The fourth-order valence-corrected chi connectivity index (χ4v) is 4.24. The molecule has 0 aliphatic carbocycles. The Bertz CT molecular complexity index is 877. The minimum Gasteiger partial charge on any atom is -0.496 e. The maximum absolute atomic E-state index is 12.8. The molecule has 0 atom stereocenters. The molecule has 1 spiro atoms. The highest BCUT2D eigenvalue weighted by molar-refractivity contribution is 5.94. The van der Waals surface area contributed by atoms with Crippen LogP contribution in [0.4, 0.5) is 0 Å². The number of rotatable bonds is 2. The molecular weight excluding hydrogens is 340 g/mol. The maximum atomic E-state index is 12.8. The summed E-state index contributed by atoms with van der Waals surface area (Å²) in [5.41, 5.74) is 3.24. The second-order valence-corrected chi connectivity index (χ2v) is 7.07. The van der Waals surface area contributed by atoms with Gasteiger partial charge in [0, 0.05) is 24.2 Å². The van der Waals surface area contributed by atoms with Gasteiger partial charge in [0.2, 0.25) is 0 Å². The van der Waals surface area contributed by atoms with Crippen LogP contribution in [0.15, 0.2) is 42.5 Å². The Labute approximate surface area is 159 Å². The van der Waals surface area contributed by atoms with Gasteiger partial charge in [-0.1, -0.05) is 12.1 Å². The number of piperidine rings is 1. The van der Waals surface area contributed by atoms with Crippen LogP contribution in [-0.4, -0.2) is 37.6 Å². The molecule has 2 aromatic carbocycles. The lowest BCUT2D eigenvalue weighted by molar-refractivity contribution is -0.0946. The van der Waals surface area contributed by atoms with Crippen molar-refractivity contribution in [2.24, 2.45) is 0 Å². The highest BCUT2D eigenvalue weighted by Crippen LogP contribution is 2.45. The molecule has 2 aromatic rings. The minimum atomic E-state index is -0.373. The number of nitriles is 1. The molecule has 0 aromatic heterocycles. The zero-order valence-corrected chi connectivity index (χ0v) is 15.4. The molecule has 5 heteroatoms. The molecule has 1 saturated heterocycles.